The SMILES string of the molecule is O=CCNCc1ccc(OC(=O)Cc2ccccc2)c(OC(=O)Cc2ccccc2)c1. The van der Waals surface area contributed by atoms with Gasteiger partial charge in [0.1, 0.15) is 6.29 Å². The molecular weight excluding hydrogens is 394 g/mol. The molecule has 0 spiro atoms. The van der Waals surface area contributed by atoms with Gasteiger partial charge in [-0.25, -0.2) is 0 Å². The summed E-state index contributed by atoms with van der Waals surface area (Å²) in [6, 6.07) is 23.4. The number of aldehydes is 1. The van der Waals surface area contributed by atoms with Gasteiger partial charge in [0.15, 0.2) is 11.5 Å². The lowest BCUT2D eigenvalue weighted by Gasteiger charge is -2.13. The van der Waals surface area contributed by atoms with Gasteiger partial charge < -0.3 is 19.6 Å². The Morgan fingerprint density at radius 3 is 1.81 bits per heavy atom. The molecule has 3 aromatic rings. The van der Waals surface area contributed by atoms with Crippen molar-refractivity contribution in [1.29, 1.82) is 0 Å². The van der Waals surface area contributed by atoms with Crippen molar-refractivity contribution in [3.8, 4) is 11.5 Å². The summed E-state index contributed by atoms with van der Waals surface area (Å²) in [5.41, 5.74) is 2.43. The van der Waals surface area contributed by atoms with Crippen molar-refractivity contribution >= 4 is 18.2 Å². The van der Waals surface area contributed by atoms with E-state index in [0.29, 0.717) is 6.54 Å². The first-order valence-corrected chi connectivity index (χ1v) is 9.90. The molecular formula is C25H23NO5. The van der Waals surface area contributed by atoms with Crippen molar-refractivity contribution in [2.45, 2.75) is 19.4 Å². The molecule has 0 atom stereocenters. The zero-order valence-electron chi connectivity index (χ0n) is 17.0. The van der Waals surface area contributed by atoms with Gasteiger partial charge in [-0.15, -0.1) is 0 Å². The van der Waals surface area contributed by atoms with E-state index in [9.17, 15) is 14.4 Å². The van der Waals surface area contributed by atoms with Crippen molar-refractivity contribution < 1.29 is 23.9 Å². The highest BCUT2D eigenvalue weighted by Gasteiger charge is 2.16. The van der Waals surface area contributed by atoms with E-state index in [1.165, 1.54) is 0 Å². The fraction of sp³-hybridized carbons (Fsp3) is 0.160. The number of esters is 2. The molecule has 0 unspecified atom stereocenters. The van der Waals surface area contributed by atoms with Crippen LogP contribution in [0, 0.1) is 0 Å². The third kappa shape index (κ3) is 7.21. The molecule has 0 bridgehead atoms. The topological polar surface area (TPSA) is 81.7 Å². The predicted molar refractivity (Wildman–Crippen MR) is 116 cm³/mol. The van der Waals surface area contributed by atoms with Crippen LogP contribution in [0.15, 0.2) is 78.9 Å². The van der Waals surface area contributed by atoms with Gasteiger partial charge in [-0.3, -0.25) is 9.59 Å². The molecule has 0 amide bonds. The second-order valence-corrected chi connectivity index (χ2v) is 6.85. The third-order valence-electron chi connectivity index (χ3n) is 4.40. The highest BCUT2D eigenvalue weighted by atomic mass is 16.6. The maximum atomic E-state index is 12.5. The third-order valence-corrected chi connectivity index (χ3v) is 4.40. The Kier molecular flexibility index (Phi) is 8.08. The summed E-state index contributed by atoms with van der Waals surface area (Å²) in [5.74, 6) is -0.600. The Labute approximate surface area is 180 Å². The van der Waals surface area contributed by atoms with Crippen LogP contribution in [0.3, 0.4) is 0 Å². The molecule has 3 rings (SSSR count). The van der Waals surface area contributed by atoms with E-state index in [4.69, 9.17) is 9.47 Å². The zero-order chi connectivity index (χ0) is 21.9. The van der Waals surface area contributed by atoms with Gasteiger partial charge in [0, 0.05) is 6.54 Å². The van der Waals surface area contributed by atoms with Gasteiger partial charge in [0.2, 0.25) is 0 Å². The molecule has 0 aliphatic heterocycles. The Balaban J connectivity index is 1.73. The van der Waals surface area contributed by atoms with Crippen LogP contribution in [0.25, 0.3) is 0 Å². The Morgan fingerprint density at radius 2 is 1.26 bits per heavy atom. The summed E-state index contributed by atoms with van der Waals surface area (Å²) < 4.78 is 11.0. The Hall–Kier alpha value is -3.77. The molecule has 3 aromatic carbocycles. The number of hydrogen-bond acceptors (Lipinski definition) is 6. The minimum atomic E-state index is -0.468. The van der Waals surface area contributed by atoms with Crippen LogP contribution in [0.2, 0.25) is 0 Å². The molecule has 158 valence electrons. The maximum Gasteiger partial charge on any atom is 0.315 e. The lowest BCUT2D eigenvalue weighted by atomic mass is 10.1. The van der Waals surface area contributed by atoms with Gasteiger partial charge in [-0.2, -0.15) is 0 Å². The molecule has 0 radical (unpaired) electrons. The summed E-state index contributed by atoms with van der Waals surface area (Å²) in [4.78, 5) is 35.4. The van der Waals surface area contributed by atoms with Crippen LogP contribution < -0.4 is 14.8 Å². The summed E-state index contributed by atoms with van der Waals surface area (Å²) in [6.07, 6.45) is 0.952. The van der Waals surface area contributed by atoms with E-state index in [0.717, 1.165) is 23.0 Å². The lowest BCUT2D eigenvalue weighted by molar-refractivity contribution is -0.136. The smallest absolute Gasteiger partial charge is 0.315 e. The summed E-state index contributed by atoms with van der Waals surface area (Å²) >= 11 is 0. The number of rotatable bonds is 10. The highest BCUT2D eigenvalue weighted by molar-refractivity contribution is 5.78. The highest BCUT2D eigenvalue weighted by Crippen LogP contribution is 2.29. The molecule has 0 aliphatic rings. The normalized spacial score (nSPS) is 10.3. The molecule has 31 heavy (non-hydrogen) atoms. The van der Waals surface area contributed by atoms with Gasteiger partial charge in [-0.05, 0) is 28.8 Å². The lowest BCUT2D eigenvalue weighted by Crippen LogP contribution is -2.17. The van der Waals surface area contributed by atoms with Gasteiger partial charge >= 0.3 is 11.9 Å². The van der Waals surface area contributed by atoms with Gasteiger partial charge in [0.05, 0.1) is 19.4 Å². The van der Waals surface area contributed by atoms with Crippen LogP contribution in [-0.4, -0.2) is 24.8 Å². The second-order valence-electron chi connectivity index (χ2n) is 6.85. The van der Waals surface area contributed by atoms with Crippen LogP contribution in [0.1, 0.15) is 16.7 Å². The monoisotopic (exact) mass is 417 g/mol. The fourth-order valence-corrected chi connectivity index (χ4v) is 2.94. The van der Waals surface area contributed by atoms with Crippen molar-refractivity contribution in [3.63, 3.8) is 0 Å². The van der Waals surface area contributed by atoms with Crippen molar-refractivity contribution in [1.82, 2.24) is 5.32 Å². The Bertz CT molecular complexity index is 1020. The average molecular weight is 417 g/mol. The molecule has 1 N–H and O–H groups in total. The summed E-state index contributed by atoms with van der Waals surface area (Å²) in [5, 5.41) is 2.95. The zero-order valence-corrected chi connectivity index (χ0v) is 17.0. The first kappa shape index (κ1) is 21.9. The minimum Gasteiger partial charge on any atom is -0.422 e. The number of carbonyl (C=O) groups is 3. The second kappa shape index (κ2) is 11.4. The van der Waals surface area contributed by atoms with Crippen LogP contribution >= 0.6 is 0 Å². The van der Waals surface area contributed by atoms with E-state index < -0.39 is 11.9 Å². The largest absolute Gasteiger partial charge is 0.422 e. The van der Waals surface area contributed by atoms with Crippen molar-refractivity contribution in [2.75, 3.05) is 6.54 Å². The number of hydrogen-bond donors (Lipinski definition) is 1. The first-order chi connectivity index (χ1) is 15.1. The average Bonchev–Trinajstić information content (AvgIpc) is 2.77. The first-order valence-electron chi connectivity index (χ1n) is 9.90. The van der Waals surface area contributed by atoms with E-state index >= 15 is 0 Å². The molecule has 0 heterocycles. The van der Waals surface area contributed by atoms with Gasteiger partial charge in [0.25, 0.3) is 0 Å². The quantitative estimate of drug-likeness (QED) is 0.236. The van der Waals surface area contributed by atoms with Crippen LogP contribution in [0.5, 0.6) is 11.5 Å². The number of benzene rings is 3. The molecule has 0 saturated heterocycles. The molecule has 0 aliphatic carbocycles. The number of carbonyl (C=O) groups excluding carboxylic acids is 3. The van der Waals surface area contributed by atoms with E-state index in [1.54, 1.807) is 18.2 Å². The van der Waals surface area contributed by atoms with E-state index in [1.807, 2.05) is 60.7 Å². The maximum absolute atomic E-state index is 12.5. The summed E-state index contributed by atoms with van der Waals surface area (Å²) in [7, 11) is 0. The van der Waals surface area contributed by atoms with Crippen molar-refractivity contribution in [2.24, 2.45) is 0 Å². The van der Waals surface area contributed by atoms with E-state index in [2.05, 4.69) is 5.32 Å². The molecule has 0 saturated carbocycles. The predicted octanol–water partition coefficient (Wildman–Crippen LogP) is 3.27. The minimum absolute atomic E-state index is 0.0891. The van der Waals surface area contributed by atoms with Crippen molar-refractivity contribution in [3.05, 3.63) is 95.6 Å². The van der Waals surface area contributed by atoms with Crippen LogP contribution in [0.4, 0.5) is 0 Å². The molecule has 6 heteroatoms. The number of nitrogens with one attached hydrogen (secondary N) is 1. The standard InChI is InChI=1S/C25H23NO5/c27-14-13-26-18-21-11-12-22(30-24(28)16-19-7-3-1-4-8-19)23(15-21)31-25(29)17-20-9-5-2-6-10-20/h1-12,14-15,26H,13,16-18H2. The van der Waals surface area contributed by atoms with E-state index in [-0.39, 0.29) is 30.9 Å². The summed E-state index contributed by atoms with van der Waals surface area (Å²) in [6.45, 7) is 0.608. The number of ether oxygens (including phenoxy) is 2. The molecule has 0 aromatic heterocycles. The molecule has 0 fully saturated rings. The molecule has 6 nitrogen and oxygen atoms in total. The fourth-order valence-electron chi connectivity index (χ4n) is 2.94. The Morgan fingerprint density at radius 1 is 0.710 bits per heavy atom. The van der Waals surface area contributed by atoms with Crippen LogP contribution in [-0.2, 0) is 33.8 Å². The van der Waals surface area contributed by atoms with Gasteiger partial charge in [-0.1, -0.05) is 66.7 Å².